The summed E-state index contributed by atoms with van der Waals surface area (Å²) >= 11 is 0. The minimum Gasteiger partial charge on any atom is -0.486 e. The Labute approximate surface area is 158 Å². The molecule has 27 heavy (non-hydrogen) atoms. The molecule has 1 aromatic carbocycles. The summed E-state index contributed by atoms with van der Waals surface area (Å²) < 4.78 is 12.9. The molecule has 1 aromatic heterocycles. The Bertz CT molecular complexity index is 842. The van der Waals surface area contributed by atoms with Crippen molar-refractivity contribution in [3.8, 4) is 11.5 Å². The van der Waals surface area contributed by atoms with E-state index >= 15 is 0 Å². The summed E-state index contributed by atoms with van der Waals surface area (Å²) in [4.78, 5) is 14.9. The van der Waals surface area contributed by atoms with E-state index in [1.54, 1.807) is 4.68 Å². The minimum absolute atomic E-state index is 0.0326. The van der Waals surface area contributed by atoms with E-state index < -0.39 is 0 Å². The van der Waals surface area contributed by atoms with Gasteiger partial charge in [0.05, 0.1) is 6.04 Å². The lowest BCUT2D eigenvalue weighted by atomic mass is 9.96. The number of amides is 1. The van der Waals surface area contributed by atoms with Crippen LogP contribution in [0.5, 0.6) is 11.5 Å². The molecular weight excluding hydrogens is 346 g/mol. The molecule has 0 radical (unpaired) electrons. The second kappa shape index (κ2) is 6.83. The van der Waals surface area contributed by atoms with Crippen LogP contribution < -0.4 is 9.47 Å². The van der Waals surface area contributed by atoms with Crippen molar-refractivity contribution >= 4 is 5.91 Å². The number of ether oxygens (including phenoxy) is 2. The van der Waals surface area contributed by atoms with Gasteiger partial charge in [0.25, 0.3) is 0 Å². The zero-order chi connectivity index (χ0) is 19.0. The summed E-state index contributed by atoms with van der Waals surface area (Å²) in [5.74, 6) is 2.27. The number of nitrogens with zero attached hydrogens (tertiary/aromatic N) is 5. The Kier molecular flexibility index (Phi) is 4.49. The van der Waals surface area contributed by atoms with Gasteiger partial charge in [-0.05, 0) is 41.0 Å². The number of tetrazole rings is 1. The second-order valence-electron chi connectivity index (χ2n) is 8.06. The predicted octanol–water partition coefficient (Wildman–Crippen LogP) is 2.11. The molecule has 0 bridgehead atoms. The summed E-state index contributed by atoms with van der Waals surface area (Å²) in [6.45, 7) is 8.13. The first-order valence-corrected chi connectivity index (χ1v) is 9.39. The second-order valence-corrected chi connectivity index (χ2v) is 8.06. The third-order valence-electron chi connectivity index (χ3n) is 5.01. The van der Waals surface area contributed by atoms with Gasteiger partial charge in [-0.1, -0.05) is 26.8 Å². The van der Waals surface area contributed by atoms with Crippen LogP contribution in [0.2, 0.25) is 0 Å². The number of hydrogen-bond donors (Lipinski definition) is 0. The van der Waals surface area contributed by atoms with Crippen LogP contribution in [-0.2, 0) is 16.8 Å². The molecule has 1 atom stereocenters. The Balaban J connectivity index is 1.53. The minimum atomic E-state index is -0.218. The molecule has 2 aliphatic rings. The monoisotopic (exact) mass is 371 g/mol. The number of likely N-dealkylation sites (tertiary alicyclic amines) is 1. The molecule has 144 valence electrons. The first-order chi connectivity index (χ1) is 12.9. The van der Waals surface area contributed by atoms with Gasteiger partial charge in [0, 0.05) is 12.0 Å². The molecule has 1 unspecified atom stereocenters. The fourth-order valence-electron chi connectivity index (χ4n) is 3.75. The third kappa shape index (κ3) is 3.48. The van der Waals surface area contributed by atoms with Gasteiger partial charge in [0.1, 0.15) is 19.8 Å². The van der Waals surface area contributed by atoms with Gasteiger partial charge in [-0.25, -0.2) is 4.68 Å². The van der Waals surface area contributed by atoms with Crippen LogP contribution in [0.3, 0.4) is 0 Å². The molecule has 1 saturated heterocycles. The smallest absolute Gasteiger partial charge is 0.244 e. The van der Waals surface area contributed by atoms with E-state index in [4.69, 9.17) is 9.47 Å². The van der Waals surface area contributed by atoms with Crippen molar-refractivity contribution in [1.82, 2.24) is 25.1 Å². The van der Waals surface area contributed by atoms with Gasteiger partial charge in [0.15, 0.2) is 17.3 Å². The fourth-order valence-corrected chi connectivity index (χ4v) is 3.75. The Morgan fingerprint density at radius 3 is 2.78 bits per heavy atom. The molecule has 1 fully saturated rings. The zero-order valence-electron chi connectivity index (χ0n) is 16.0. The van der Waals surface area contributed by atoms with Crippen molar-refractivity contribution in [2.24, 2.45) is 0 Å². The lowest BCUT2D eigenvalue weighted by Gasteiger charge is -2.27. The summed E-state index contributed by atoms with van der Waals surface area (Å²) in [5.41, 5.74) is 0.863. The number of carbonyl (C=O) groups is 1. The summed E-state index contributed by atoms with van der Waals surface area (Å²) in [6, 6.07) is 6.01. The number of aromatic nitrogens is 4. The van der Waals surface area contributed by atoms with Crippen LogP contribution in [0.15, 0.2) is 18.2 Å². The van der Waals surface area contributed by atoms with Crippen LogP contribution in [0.4, 0.5) is 0 Å². The number of rotatable bonds is 3. The van der Waals surface area contributed by atoms with Gasteiger partial charge in [-0.2, -0.15) is 0 Å². The number of fused-ring (bicyclic) bond motifs is 1. The highest BCUT2D eigenvalue weighted by Crippen LogP contribution is 2.38. The van der Waals surface area contributed by atoms with Crippen molar-refractivity contribution in [3.05, 3.63) is 29.6 Å². The van der Waals surface area contributed by atoms with Crippen LogP contribution in [-0.4, -0.2) is 50.8 Å². The van der Waals surface area contributed by atoms with Gasteiger partial charge in [0.2, 0.25) is 5.91 Å². The maximum absolute atomic E-state index is 13.0. The zero-order valence-corrected chi connectivity index (χ0v) is 16.0. The molecule has 2 aromatic rings. The van der Waals surface area contributed by atoms with Crippen molar-refractivity contribution in [2.75, 3.05) is 19.8 Å². The maximum atomic E-state index is 13.0. The van der Waals surface area contributed by atoms with E-state index in [1.165, 1.54) is 0 Å². The van der Waals surface area contributed by atoms with Crippen LogP contribution >= 0.6 is 0 Å². The van der Waals surface area contributed by atoms with E-state index in [9.17, 15) is 4.79 Å². The first kappa shape index (κ1) is 17.8. The Hall–Kier alpha value is -2.64. The average molecular weight is 371 g/mol. The number of benzene rings is 1. The van der Waals surface area contributed by atoms with Crippen molar-refractivity contribution in [2.45, 2.75) is 51.6 Å². The predicted molar refractivity (Wildman–Crippen MR) is 97.6 cm³/mol. The Morgan fingerprint density at radius 1 is 1.22 bits per heavy atom. The van der Waals surface area contributed by atoms with Crippen LogP contribution in [0.1, 0.15) is 51.0 Å². The lowest BCUT2D eigenvalue weighted by molar-refractivity contribution is -0.133. The van der Waals surface area contributed by atoms with E-state index in [0.717, 1.165) is 36.4 Å². The number of hydrogen-bond acceptors (Lipinski definition) is 6. The van der Waals surface area contributed by atoms with Crippen molar-refractivity contribution < 1.29 is 14.3 Å². The number of carbonyl (C=O) groups excluding carboxylic acids is 1. The molecule has 8 heteroatoms. The maximum Gasteiger partial charge on any atom is 0.244 e. The third-order valence-corrected chi connectivity index (χ3v) is 5.01. The standard InChI is InChI=1S/C19H25N5O3/c1-19(2,3)18-20-21-22-24(18)12-17(25)23-8-4-5-14(23)13-6-7-15-16(11-13)27-10-9-26-15/h6-7,11,14H,4-5,8-10,12H2,1-3H3. The van der Waals surface area contributed by atoms with E-state index in [1.807, 2.05) is 43.9 Å². The molecule has 2 aliphatic heterocycles. The van der Waals surface area contributed by atoms with Crippen molar-refractivity contribution in [3.63, 3.8) is 0 Å². The highest BCUT2D eigenvalue weighted by Gasteiger charge is 2.32. The normalized spacial score (nSPS) is 19.4. The SMILES string of the molecule is CC(C)(C)c1nnnn1CC(=O)N1CCCC1c1ccc2c(c1)OCCO2. The van der Waals surface area contributed by atoms with E-state index in [-0.39, 0.29) is 23.9 Å². The molecule has 1 amide bonds. The van der Waals surface area contributed by atoms with Gasteiger partial charge < -0.3 is 14.4 Å². The van der Waals surface area contributed by atoms with Gasteiger partial charge in [-0.15, -0.1) is 5.10 Å². The van der Waals surface area contributed by atoms with Crippen LogP contribution in [0, 0.1) is 0 Å². The van der Waals surface area contributed by atoms with Crippen LogP contribution in [0.25, 0.3) is 0 Å². The molecule has 3 heterocycles. The summed E-state index contributed by atoms with van der Waals surface area (Å²) in [5, 5.41) is 11.9. The molecule has 0 aliphatic carbocycles. The molecule has 0 spiro atoms. The average Bonchev–Trinajstić information content (AvgIpc) is 3.30. The quantitative estimate of drug-likeness (QED) is 0.822. The van der Waals surface area contributed by atoms with E-state index in [2.05, 4.69) is 15.5 Å². The van der Waals surface area contributed by atoms with Gasteiger partial charge in [-0.3, -0.25) is 4.79 Å². The summed E-state index contributed by atoms with van der Waals surface area (Å²) in [7, 11) is 0. The van der Waals surface area contributed by atoms with Crippen molar-refractivity contribution in [1.29, 1.82) is 0 Å². The largest absolute Gasteiger partial charge is 0.486 e. The fraction of sp³-hybridized carbons (Fsp3) is 0.579. The topological polar surface area (TPSA) is 82.4 Å². The molecular formula is C19H25N5O3. The molecule has 0 N–H and O–H groups in total. The van der Waals surface area contributed by atoms with Gasteiger partial charge >= 0.3 is 0 Å². The molecule has 4 rings (SSSR count). The Morgan fingerprint density at radius 2 is 2.00 bits per heavy atom. The highest BCUT2D eigenvalue weighted by atomic mass is 16.6. The summed E-state index contributed by atoms with van der Waals surface area (Å²) in [6.07, 6.45) is 1.92. The first-order valence-electron chi connectivity index (χ1n) is 9.39. The molecule has 8 nitrogen and oxygen atoms in total. The molecule has 0 saturated carbocycles. The lowest BCUT2D eigenvalue weighted by Crippen LogP contribution is -2.35. The highest BCUT2D eigenvalue weighted by molar-refractivity contribution is 5.77. The van der Waals surface area contributed by atoms with E-state index in [0.29, 0.717) is 19.0 Å².